The van der Waals surface area contributed by atoms with E-state index >= 15 is 0 Å². The standard InChI is InChI=1S/C15H15NO5/c1-19-15(18)13-9-16(6-7-20-13)14(17)12-8-10-4-2-3-5-11(10)21-12/h2-5,8,13H,6-7,9H2,1H3. The molecule has 0 aliphatic carbocycles. The van der Waals surface area contributed by atoms with E-state index in [1.54, 1.807) is 11.0 Å². The molecule has 1 aliphatic heterocycles. The SMILES string of the molecule is COC(=O)C1CN(C(=O)c2cc3ccccc3o2)CCO1. The van der Waals surface area contributed by atoms with Crippen molar-refractivity contribution in [3.05, 3.63) is 36.1 Å². The maximum atomic E-state index is 12.5. The van der Waals surface area contributed by atoms with Crippen molar-refractivity contribution in [2.75, 3.05) is 26.8 Å². The minimum absolute atomic E-state index is 0.169. The van der Waals surface area contributed by atoms with E-state index in [-0.39, 0.29) is 18.2 Å². The van der Waals surface area contributed by atoms with Gasteiger partial charge in [-0.15, -0.1) is 0 Å². The van der Waals surface area contributed by atoms with Gasteiger partial charge in [-0.25, -0.2) is 4.79 Å². The Morgan fingerprint density at radius 3 is 2.90 bits per heavy atom. The number of amides is 1. The van der Waals surface area contributed by atoms with E-state index in [1.807, 2.05) is 24.3 Å². The van der Waals surface area contributed by atoms with E-state index in [0.29, 0.717) is 18.7 Å². The van der Waals surface area contributed by atoms with Gasteiger partial charge in [0.1, 0.15) is 5.58 Å². The fourth-order valence-corrected chi connectivity index (χ4v) is 2.35. The van der Waals surface area contributed by atoms with Crippen LogP contribution in [-0.2, 0) is 14.3 Å². The first-order chi connectivity index (χ1) is 10.2. The molecule has 1 unspecified atom stereocenters. The number of benzene rings is 1. The Morgan fingerprint density at radius 2 is 2.14 bits per heavy atom. The zero-order valence-corrected chi connectivity index (χ0v) is 11.6. The van der Waals surface area contributed by atoms with Crippen molar-refractivity contribution in [1.82, 2.24) is 4.90 Å². The molecule has 2 heterocycles. The Bertz CT molecular complexity index is 645. The van der Waals surface area contributed by atoms with Gasteiger partial charge in [-0.05, 0) is 12.1 Å². The van der Waals surface area contributed by atoms with Crippen molar-refractivity contribution in [2.24, 2.45) is 0 Å². The van der Waals surface area contributed by atoms with Gasteiger partial charge in [0.2, 0.25) is 0 Å². The number of rotatable bonds is 2. The molecule has 0 saturated carbocycles. The molecule has 1 amide bonds. The van der Waals surface area contributed by atoms with Crippen molar-refractivity contribution in [2.45, 2.75) is 6.10 Å². The van der Waals surface area contributed by atoms with E-state index in [2.05, 4.69) is 4.74 Å². The minimum Gasteiger partial charge on any atom is -0.467 e. The molecule has 1 aromatic carbocycles. The topological polar surface area (TPSA) is 69.0 Å². The minimum atomic E-state index is -0.739. The molecule has 1 saturated heterocycles. The van der Waals surface area contributed by atoms with Crippen molar-refractivity contribution in [3.8, 4) is 0 Å². The van der Waals surface area contributed by atoms with E-state index in [9.17, 15) is 9.59 Å². The van der Waals surface area contributed by atoms with Gasteiger partial charge in [-0.3, -0.25) is 4.79 Å². The normalized spacial score (nSPS) is 18.7. The molecule has 3 rings (SSSR count). The van der Waals surface area contributed by atoms with Gasteiger partial charge in [-0.2, -0.15) is 0 Å². The molecule has 2 aromatic rings. The molecular formula is C15H15NO5. The average Bonchev–Trinajstić information content (AvgIpc) is 2.97. The Balaban J connectivity index is 1.79. The number of hydrogen-bond donors (Lipinski definition) is 0. The van der Waals surface area contributed by atoms with Crippen LogP contribution >= 0.6 is 0 Å². The van der Waals surface area contributed by atoms with Crippen LogP contribution in [0, 0.1) is 0 Å². The lowest BCUT2D eigenvalue weighted by Gasteiger charge is -2.30. The lowest BCUT2D eigenvalue weighted by Crippen LogP contribution is -2.48. The Labute approximate surface area is 121 Å². The molecule has 1 fully saturated rings. The van der Waals surface area contributed by atoms with Crippen molar-refractivity contribution >= 4 is 22.8 Å². The van der Waals surface area contributed by atoms with Crippen LogP contribution < -0.4 is 0 Å². The van der Waals surface area contributed by atoms with Gasteiger partial charge in [0.15, 0.2) is 11.9 Å². The second-order valence-electron chi connectivity index (χ2n) is 4.78. The summed E-state index contributed by atoms with van der Waals surface area (Å²) in [6.07, 6.45) is -0.739. The quantitative estimate of drug-likeness (QED) is 0.783. The fourth-order valence-electron chi connectivity index (χ4n) is 2.35. The van der Waals surface area contributed by atoms with E-state index in [4.69, 9.17) is 9.15 Å². The predicted molar refractivity (Wildman–Crippen MR) is 73.9 cm³/mol. The molecule has 21 heavy (non-hydrogen) atoms. The first-order valence-electron chi connectivity index (χ1n) is 6.66. The van der Waals surface area contributed by atoms with Crippen molar-refractivity contribution < 1.29 is 23.5 Å². The van der Waals surface area contributed by atoms with Crippen molar-refractivity contribution in [3.63, 3.8) is 0 Å². The molecule has 1 aromatic heterocycles. The van der Waals surface area contributed by atoms with Crippen LogP contribution in [0.2, 0.25) is 0 Å². The summed E-state index contributed by atoms with van der Waals surface area (Å²) in [5.41, 5.74) is 0.665. The van der Waals surface area contributed by atoms with Crippen LogP contribution in [0.15, 0.2) is 34.7 Å². The smallest absolute Gasteiger partial charge is 0.336 e. The lowest BCUT2D eigenvalue weighted by atomic mass is 10.2. The summed E-state index contributed by atoms with van der Waals surface area (Å²) in [6, 6.07) is 9.13. The van der Waals surface area contributed by atoms with Crippen molar-refractivity contribution in [1.29, 1.82) is 0 Å². The molecule has 110 valence electrons. The third-order valence-corrected chi connectivity index (χ3v) is 3.45. The van der Waals surface area contributed by atoms with Crippen LogP contribution in [0.4, 0.5) is 0 Å². The number of esters is 1. The van der Waals surface area contributed by atoms with Gasteiger partial charge in [0.05, 0.1) is 20.3 Å². The predicted octanol–water partition coefficient (Wildman–Crippen LogP) is 1.45. The highest BCUT2D eigenvalue weighted by Gasteiger charge is 2.31. The summed E-state index contributed by atoms with van der Waals surface area (Å²) in [6.45, 7) is 0.887. The van der Waals surface area contributed by atoms with Crippen LogP contribution in [0.3, 0.4) is 0 Å². The number of methoxy groups -OCH3 is 1. The van der Waals surface area contributed by atoms with Gasteiger partial charge in [-0.1, -0.05) is 18.2 Å². The summed E-state index contributed by atoms with van der Waals surface area (Å²) in [4.78, 5) is 25.5. The molecule has 6 heteroatoms. The molecule has 1 atom stereocenters. The van der Waals surface area contributed by atoms with Gasteiger partial charge in [0.25, 0.3) is 5.91 Å². The molecule has 0 bridgehead atoms. The number of morpholine rings is 1. The number of nitrogens with zero attached hydrogens (tertiary/aromatic N) is 1. The largest absolute Gasteiger partial charge is 0.467 e. The van der Waals surface area contributed by atoms with Gasteiger partial charge < -0.3 is 18.8 Å². The third-order valence-electron chi connectivity index (χ3n) is 3.45. The first kappa shape index (κ1) is 13.6. The number of carbonyl (C=O) groups is 2. The number of fused-ring (bicyclic) bond motifs is 1. The van der Waals surface area contributed by atoms with Crippen LogP contribution in [0.1, 0.15) is 10.6 Å². The Morgan fingerprint density at radius 1 is 1.33 bits per heavy atom. The zero-order chi connectivity index (χ0) is 14.8. The third kappa shape index (κ3) is 2.62. The van der Waals surface area contributed by atoms with Gasteiger partial charge >= 0.3 is 5.97 Å². The number of furan rings is 1. The highest BCUT2D eigenvalue weighted by Crippen LogP contribution is 2.21. The summed E-state index contributed by atoms with van der Waals surface area (Å²) in [5.74, 6) is -0.456. The maximum absolute atomic E-state index is 12.5. The highest BCUT2D eigenvalue weighted by molar-refractivity contribution is 5.96. The molecule has 6 nitrogen and oxygen atoms in total. The number of ether oxygens (including phenoxy) is 2. The summed E-state index contributed by atoms with van der Waals surface area (Å²) < 4.78 is 15.5. The van der Waals surface area contributed by atoms with Crippen LogP contribution in [-0.4, -0.2) is 49.7 Å². The highest BCUT2D eigenvalue weighted by atomic mass is 16.6. The fraction of sp³-hybridized carbons (Fsp3) is 0.333. The summed E-state index contributed by atoms with van der Waals surface area (Å²) in [7, 11) is 1.30. The van der Waals surface area contributed by atoms with E-state index in [1.165, 1.54) is 7.11 Å². The second-order valence-corrected chi connectivity index (χ2v) is 4.78. The lowest BCUT2D eigenvalue weighted by molar-refractivity contribution is -0.158. The molecular weight excluding hydrogens is 274 g/mol. The van der Waals surface area contributed by atoms with Crippen LogP contribution in [0.5, 0.6) is 0 Å². The molecule has 1 aliphatic rings. The number of para-hydroxylation sites is 1. The zero-order valence-electron chi connectivity index (χ0n) is 11.6. The van der Waals surface area contributed by atoms with E-state index < -0.39 is 12.1 Å². The maximum Gasteiger partial charge on any atom is 0.336 e. The monoisotopic (exact) mass is 289 g/mol. The number of carbonyl (C=O) groups excluding carboxylic acids is 2. The average molecular weight is 289 g/mol. The summed E-state index contributed by atoms with van der Waals surface area (Å²) in [5, 5.41) is 0.874. The van der Waals surface area contributed by atoms with Gasteiger partial charge in [0, 0.05) is 11.9 Å². The van der Waals surface area contributed by atoms with Crippen LogP contribution in [0.25, 0.3) is 11.0 Å². The Hall–Kier alpha value is -2.34. The molecule has 0 radical (unpaired) electrons. The number of hydrogen-bond acceptors (Lipinski definition) is 5. The molecule has 0 N–H and O–H groups in total. The Kier molecular flexibility index (Phi) is 3.62. The molecule has 0 spiro atoms. The first-order valence-corrected chi connectivity index (χ1v) is 6.66. The second kappa shape index (κ2) is 5.57. The van der Waals surface area contributed by atoms with E-state index in [0.717, 1.165) is 5.39 Å². The summed E-state index contributed by atoms with van der Waals surface area (Å²) >= 11 is 0.